The highest BCUT2D eigenvalue weighted by Crippen LogP contribution is 2.53. The van der Waals surface area contributed by atoms with E-state index in [4.69, 9.17) is 18.5 Å². The summed E-state index contributed by atoms with van der Waals surface area (Å²) in [6.45, 7) is 6.87. The molecular weight excluding hydrogens is 269 g/mol. The molecule has 1 heterocycles. The predicted octanol–water partition coefficient (Wildman–Crippen LogP) is 2.34. The molecule has 0 aromatic rings. The lowest BCUT2D eigenvalue weighted by Crippen LogP contribution is -2.43. The highest BCUT2D eigenvalue weighted by Gasteiger charge is 2.46. The Balaban J connectivity index is 2.78. The lowest BCUT2D eigenvalue weighted by molar-refractivity contribution is -0.139. The Morgan fingerprint density at radius 1 is 1.42 bits per heavy atom. The molecule has 1 fully saturated rings. The van der Waals surface area contributed by atoms with Crippen LogP contribution >= 0.6 is 7.60 Å². The van der Waals surface area contributed by atoms with Crippen LogP contribution in [0.1, 0.15) is 33.6 Å². The molecule has 1 unspecified atom stereocenters. The largest absolute Gasteiger partial charge is 0.349 e. The molecule has 1 N–H and O–H groups in total. The van der Waals surface area contributed by atoms with Crippen molar-refractivity contribution in [2.75, 3.05) is 27.4 Å². The van der Waals surface area contributed by atoms with Crippen molar-refractivity contribution in [1.29, 1.82) is 0 Å². The van der Waals surface area contributed by atoms with Gasteiger partial charge in [0, 0.05) is 14.2 Å². The van der Waals surface area contributed by atoms with Crippen molar-refractivity contribution >= 4 is 7.60 Å². The third kappa shape index (κ3) is 4.52. The van der Waals surface area contributed by atoms with Crippen molar-refractivity contribution in [2.45, 2.75) is 51.3 Å². The molecule has 0 aromatic heterocycles. The van der Waals surface area contributed by atoms with E-state index in [1.165, 1.54) is 14.2 Å². The van der Waals surface area contributed by atoms with Crippen LogP contribution in [-0.2, 0) is 23.1 Å². The normalized spacial score (nSPS) is 24.6. The highest BCUT2D eigenvalue weighted by molar-refractivity contribution is 7.54. The first-order chi connectivity index (χ1) is 8.88. The van der Waals surface area contributed by atoms with Gasteiger partial charge in [0.2, 0.25) is 0 Å². The van der Waals surface area contributed by atoms with Gasteiger partial charge < -0.3 is 23.8 Å². The standard InChI is InChI=1S/C12H26NO5P/c1-6-7-8-13-11(19(14,15-4)16-5)10-9-17-12(2,3)18-10/h10-11,13H,6-9H2,1-5H3/t10?,11-/m0/s1. The average molecular weight is 295 g/mol. The summed E-state index contributed by atoms with van der Waals surface area (Å²) >= 11 is 0. The lowest BCUT2D eigenvalue weighted by atomic mass is 10.3. The highest BCUT2D eigenvalue weighted by atomic mass is 31.2. The zero-order chi connectivity index (χ0) is 14.5. The molecule has 0 aromatic carbocycles. The van der Waals surface area contributed by atoms with E-state index in [1.807, 2.05) is 13.8 Å². The van der Waals surface area contributed by atoms with Gasteiger partial charge in [0.25, 0.3) is 0 Å². The SMILES string of the molecule is CCCCN[C@H](C1COC(C)(C)O1)P(=O)(OC)OC. The fourth-order valence-corrected chi connectivity index (χ4v) is 3.56. The van der Waals surface area contributed by atoms with E-state index in [-0.39, 0.29) is 6.10 Å². The minimum absolute atomic E-state index is 0.349. The van der Waals surface area contributed by atoms with Gasteiger partial charge in [0.05, 0.1) is 6.61 Å². The van der Waals surface area contributed by atoms with E-state index in [1.54, 1.807) is 0 Å². The van der Waals surface area contributed by atoms with Crippen LogP contribution in [0.3, 0.4) is 0 Å². The summed E-state index contributed by atoms with van der Waals surface area (Å²) < 4.78 is 34.1. The number of unbranched alkanes of at least 4 members (excludes halogenated alkanes) is 1. The minimum atomic E-state index is -3.25. The van der Waals surface area contributed by atoms with Crippen LogP contribution in [0.25, 0.3) is 0 Å². The molecule has 114 valence electrons. The summed E-state index contributed by atoms with van der Waals surface area (Å²) in [7, 11) is -0.476. The van der Waals surface area contributed by atoms with Crippen LogP contribution in [0, 0.1) is 0 Å². The maximum absolute atomic E-state index is 12.6. The Kier molecular flexibility index (Phi) is 6.43. The maximum Gasteiger partial charge on any atom is 0.349 e. The van der Waals surface area contributed by atoms with Gasteiger partial charge in [-0.15, -0.1) is 0 Å². The summed E-state index contributed by atoms with van der Waals surface area (Å²) in [4.78, 5) is 0. The number of rotatable bonds is 8. The van der Waals surface area contributed by atoms with Crippen LogP contribution < -0.4 is 5.32 Å². The molecule has 0 spiro atoms. The number of hydrogen-bond donors (Lipinski definition) is 1. The molecule has 1 rings (SSSR count). The van der Waals surface area contributed by atoms with Crippen molar-refractivity contribution in [3.63, 3.8) is 0 Å². The topological polar surface area (TPSA) is 66.0 Å². The van der Waals surface area contributed by atoms with E-state index >= 15 is 0 Å². The molecule has 19 heavy (non-hydrogen) atoms. The van der Waals surface area contributed by atoms with Crippen molar-refractivity contribution in [2.24, 2.45) is 0 Å². The molecule has 0 amide bonds. The third-order valence-electron chi connectivity index (χ3n) is 3.12. The molecule has 0 radical (unpaired) electrons. The second kappa shape index (κ2) is 7.16. The molecule has 1 aliphatic rings. The van der Waals surface area contributed by atoms with Gasteiger partial charge in [-0.05, 0) is 26.8 Å². The fraction of sp³-hybridized carbons (Fsp3) is 1.00. The van der Waals surface area contributed by atoms with Crippen molar-refractivity contribution in [3.05, 3.63) is 0 Å². The van der Waals surface area contributed by atoms with Crippen molar-refractivity contribution in [3.8, 4) is 0 Å². The van der Waals surface area contributed by atoms with Crippen molar-refractivity contribution in [1.82, 2.24) is 5.32 Å². The zero-order valence-electron chi connectivity index (χ0n) is 12.5. The Labute approximate surface area is 115 Å². The molecule has 2 atom stereocenters. The van der Waals surface area contributed by atoms with E-state index < -0.39 is 19.2 Å². The summed E-state index contributed by atoms with van der Waals surface area (Å²) in [5, 5.41) is 3.22. The molecule has 7 heteroatoms. The Hall–Kier alpha value is 0.0300. The molecule has 1 saturated heterocycles. The molecule has 0 saturated carbocycles. The Bertz CT molecular complexity index is 315. The van der Waals surface area contributed by atoms with Crippen LogP contribution in [-0.4, -0.2) is 45.0 Å². The van der Waals surface area contributed by atoms with Crippen LogP contribution in [0.15, 0.2) is 0 Å². The smallest absolute Gasteiger partial charge is 0.348 e. The minimum Gasteiger partial charge on any atom is -0.348 e. The van der Waals surface area contributed by atoms with E-state index in [0.717, 1.165) is 19.4 Å². The monoisotopic (exact) mass is 295 g/mol. The molecule has 0 aliphatic carbocycles. The van der Waals surface area contributed by atoms with Gasteiger partial charge in [-0.3, -0.25) is 4.57 Å². The maximum atomic E-state index is 12.6. The van der Waals surface area contributed by atoms with Gasteiger partial charge >= 0.3 is 7.60 Å². The Morgan fingerprint density at radius 3 is 2.47 bits per heavy atom. The second-order valence-electron chi connectivity index (χ2n) is 5.02. The number of nitrogens with one attached hydrogen (secondary N) is 1. The van der Waals surface area contributed by atoms with Crippen LogP contribution in [0.2, 0.25) is 0 Å². The van der Waals surface area contributed by atoms with Gasteiger partial charge in [-0.2, -0.15) is 0 Å². The van der Waals surface area contributed by atoms with Gasteiger partial charge in [-0.25, -0.2) is 0 Å². The van der Waals surface area contributed by atoms with Crippen LogP contribution in [0.5, 0.6) is 0 Å². The van der Waals surface area contributed by atoms with Gasteiger partial charge in [-0.1, -0.05) is 13.3 Å². The number of hydrogen-bond acceptors (Lipinski definition) is 6. The molecule has 6 nitrogen and oxygen atoms in total. The lowest BCUT2D eigenvalue weighted by Gasteiger charge is -2.29. The third-order valence-corrected chi connectivity index (χ3v) is 5.33. The first kappa shape index (κ1) is 17.1. The fourth-order valence-electron chi connectivity index (χ4n) is 2.05. The second-order valence-corrected chi connectivity index (χ2v) is 7.39. The summed E-state index contributed by atoms with van der Waals surface area (Å²) in [5.74, 6) is -1.18. The summed E-state index contributed by atoms with van der Waals surface area (Å²) in [6.07, 6.45) is 1.69. The summed E-state index contributed by atoms with van der Waals surface area (Å²) in [6, 6.07) is 0. The van der Waals surface area contributed by atoms with E-state index in [9.17, 15) is 4.57 Å². The quantitative estimate of drug-likeness (QED) is 0.547. The first-order valence-electron chi connectivity index (χ1n) is 6.65. The molecule has 1 aliphatic heterocycles. The van der Waals surface area contributed by atoms with Gasteiger partial charge in [0.1, 0.15) is 11.9 Å². The van der Waals surface area contributed by atoms with E-state index in [0.29, 0.717) is 6.61 Å². The summed E-state index contributed by atoms with van der Waals surface area (Å²) in [5.41, 5.74) is 0. The first-order valence-corrected chi connectivity index (χ1v) is 8.26. The Morgan fingerprint density at radius 2 is 2.05 bits per heavy atom. The average Bonchev–Trinajstić information content (AvgIpc) is 2.74. The zero-order valence-corrected chi connectivity index (χ0v) is 13.4. The van der Waals surface area contributed by atoms with Gasteiger partial charge in [0.15, 0.2) is 5.79 Å². The van der Waals surface area contributed by atoms with E-state index in [2.05, 4.69) is 12.2 Å². The molecular formula is C12H26NO5P. The van der Waals surface area contributed by atoms with Crippen LogP contribution in [0.4, 0.5) is 0 Å². The number of ether oxygens (including phenoxy) is 2. The molecule has 0 bridgehead atoms. The predicted molar refractivity (Wildman–Crippen MR) is 73.2 cm³/mol. The van der Waals surface area contributed by atoms with Crippen molar-refractivity contribution < 1.29 is 23.1 Å².